The zero-order valence-electron chi connectivity index (χ0n) is 7.63. The van der Waals surface area contributed by atoms with E-state index in [1.165, 1.54) is 0 Å². The van der Waals surface area contributed by atoms with Crippen molar-refractivity contribution in [2.45, 2.75) is 31.5 Å². The van der Waals surface area contributed by atoms with E-state index in [9.17, 15) is 16.7 Å². The first-order valence-electron chi connectivity index (χ1n) is 4.62. The molecule has 1 atom stereocenters. The Hall–Kier alpha value is -0.230. The molecule has 1 saturated carbocycles. The fraction of sp³-hybridized carbons (Fsp3) is 1.00. The molecule has 0 aromatic rings. The highest BCUT2D eigenvalue weighted by Crippen LogP contribution is 2.58. The molecule has 0 radical (unpaired) electrons. The highest BCUT2D eigenvalue weighted by atomic mass is 32.3. The van der Waals surface area contributed by atoms with Crippen LogP contribution in [0.1, 0.15) is 25.7 Å². The molecule has 82 valence electrons. The van der Waals surface area contributed by atoms with Gasteiger partial charge in [-0.3, -0.25) is 0 Å². The third kappa shape index (κ3) is 1.44. The second kappa shape index (κ2) is 2.88. The number of hydrogen-bond donors (Lipinski definition) is 0. The van der Waals surface area contributed by atoms with Gasteiger partial charge >= 0.3 is 10.2 Å². The molecule has 0 amide bonds. The number of halogens is 2. The summed E-state index contributed by atoms with van der Waals surface area (Å²) < 4.78 is 52.2. The van der Waals surface area contributed by atoms with Crippen LogP contribution in [0.25, 0.3) is 0 Å². The van der Waals surface area contributed by atoms with E-state index in [1.807, 2.05) is 0 Å². The van der Waals surface area contributed by atoms with Crippen LogP contribution in [0.15, 0.2) is 0 Å². The highest BCUT2D eigenvalue weighted by Gasteiger charge is 2.62. The lowest BCUT2D eigenvalue weighted by atomic mass is 9.64. The molecule has 3 nitrogen and oxygen atoms in total. The average Bonchev–Trinajstić information content (AvgIpc) is 2.20. The summed E-state index contributed by atoms with van der Waals surface area (Å²) >= 11 is 0. The molecular weight excluding hydrogens is 214 g/mol. The molecule has 1 aliphatic carbocycles. The van der Waals surface area contributed by atoms with Crippen LogP contribution in [-0.4, -0.2) is 26.6 Å². The van der Waals surface area contributed by atoms with Crippen molar-refractivity contribution in [1.29, 1.82) is 0 Å². The number of rotatable bonds is 2. The van der Waals surface area contributed by atoms with E-state index >= 15 is 0 Å². The summed E-state index contributed by atoms with van der Waals surface area (Å²) in [5, 5.41) is 0. The first-order valence-corrected chi connectivity index (χ1v) is 6.17. The Morgan fingerprint density at radius 3 is 2.36 bits per heavy atom. The van der Waals surface area contributed by atoms with Crippen molar-refractivity contribution in [2.75, 3.05) is 12.4 Å². The summed E-state index contributed by atoms with van der Waals surface area (Å²) in [7, 11) is -4.81. The van der Waals surface area contributed by atoms with E-state index in [0.717, 1.165) is 6.42 Å². The van der Waals surface area contributed by atoms with Gasteiger partial charge in [-0.05, 0) is 19.3 Å². The number of ether oxygens (including phenoxy) is 1. The zero-order chi connectivity index (χ0) is 10.4. The monoisotopic (exact) mass is 226 g/mol. The predicted octanol–water partition coefficient (Wildman–Crippen LogP) is 1.54. The maximum absolute atomic E-state index is 14.1. The third-order valence-electron chi connectivity index (χ3n) is 3.37. The summed E-state index contributed by atoms with van der Waals surface area (Å²) in [6, 6.07) is 0. The van der Waals surface area contributed by atoms with Gasteiger partial charge in [0.15, 0.2) is 0 Å². The van der Waals surface area contributed by atoms with Gasteiger partial charge in [0.25, 0.3) is 0 Å². The van der Waals surface area contributed by atoms with Crippen molar-refractivity contribution in [3.05, 3.63) is 0 Å². The van der Waals surface area contributed by atoms with Crippen LogP contribution in [0.5, 0.6) is 0 Å². The van der Waals surface area contributed by atoms with Gasteiger partial charge < -0.3 is 4.74 Å². The summed E-state index contributed by atoms with van der Waals surface area (Å²) in [5.74, 6) is -3.45. The molecule has 1 unspecified atom stereocenters. The maximum atomic E-state index is 14.1. The SMILES string of the molecule is O=S(=O)(F)CC1(F)OCCC12CCC2. The Bertz CT molecular complexity index is 336. The van der Waals surface area contributed by atoms with Crippen molar-refractivity contribution < 1.29 is 21.4 Å². The van der Waals surface area contributed by atoms with Gasteiger partial charge in [0, 0.05) is 5.41 Å². The summed E-state index contributed by atoms with van der Waals surface area (Å²) in [6.45, 7) is 0.187. The van der Waals surface area contributed by atoms with Crippen molar-refractivity contribution in [2.24, 2.45) is 5.41 Å². The lowest BCUT2D eigenvalue weighted by Crippen LogP contribution is -2.50. The summed E-state index contributed by atoms with van der Waals surface area (Å²) in [6.07, 6.45) is 2.55. The molecule has 1 aliphatic heterocycles. The molecule has 0 N–H and O–H groups in total. The Kier molecular flexibility index (Phi) is 2.12. The predicted molar refractivity (Wildman–Crippen MR) is 45.6 cm³/mol. The van der Waals surface area contributed by atoms with Gasteiger partial charge in [0.2, 0.25) is 5.85 Å². The lowest BCUT2D eigenvalue weighted by molar-refractivity contribution is -0.175. The van der Waals surface area contributed by atoms with E-state index in [-0.39, 0.29) is 6.61 Å². The Morgan fingerprint density at radius 2 is 1.93 bits per heavy atom. The molecule has 0 bridgehead atoms. The van der Waals surface area contributed by atoms with E-state index in [2.05, 4.69) is 0 Å². The van der Waals surface area contributed by atoms with Crippen molar-refractivity contribution in [1.82, 2.24) is 0 Å². The molecule has 14 heavy (non-hydrogen) atoms. The van der Waals surface area contributed by atoms with Gasteiger partial charge in [-0.2, -0.15) is 8.42 Å². The Balaban J connectivity index is 2.22. The van der Waals surface area contributed by atoms with Crippen LogP contribution in [0.2, 0.25) is 0 Å². The minimum absolute atomic E-state index is 0.187. The molecule has 0 aromatic carbocycles. The molecule has 1 saturated heterocycles. The standard InChI is InChI=1S/C8H12F2O3S/c9-8(6-14(10,11)12)7(2-1-3-7)4-5-13-8/h1-6H2. The van der Waals surface area contributed by atoms with Crippen molar-refractivity contribution in [3.8, 4) is 0 Å². The highest BCUT2D eigenvalue weighted by molar-refractivity contribution is 7.86. The van der Waals surface area contributed by atoms with Crippen molar-refractivity contribution in [3.63, 3.8) is 0 Å². The maximum Gasteiger partial charge on any atom is 0.308 e. The van der Waals surface area contributed by atoms with Crippen LogP contribution in [0.4, 0.5) is 8.28 Å². The minimum Gasteiger partial charge on any atom is -0.344 e. The molecule has 2 rings (SSSR count). The first kappa shape index (κ1) is 10.3. The van der Waals surface area contributed by atoms with Crippen molar-refractivity contribution >= 4 is 10.2 Å². The number of hydrogen-bond acceptors (Lipinski definition) is 3. The molecule has 0 aromatic heterocycles. The lowest BCUT2D eigenvalue weighted by Gasteiger charge is -2.44. The van der Waals surface area contributed by atoms with Gasteiger partial charge in [0.05, 0.1) is 6.61 Å². The van der Waals surface area contributed by atoms with Gasteiger partial charge in [0.1, 0.15) is 5.75 Å². The molecule has 1 heterocycles. The molecule has 2 fully saturated rings. The van der Waals surface area contributed by atoms with Crippen LogP contribution in [0.3, 0.4) is 0 Å². The average molecular weight is 226 g/mol. The van der Waals surface area contributed by atoms with Gasteiger partial charge in [-0.25, -0.2) is 4.39 Å². The fourth-order valence-corrected chi connectivity index (χ4v) is 3.22. The van der Waals surface area contributed by atoms with Crippen LogP contribution < -0.4 is 0 Å². The molecule has 6 heteroatoms. The van der Waals surface area contributed by atoms with Gasteiger partial charge in [-0.1, -0.05) is 6.42 Å². The molecule has 1 spiro atoms. The van der Waals surface area contributed by atoms with Crippen LogP contribution in [-0.2, 0) is 15.0 Å². The smallest absolute Gasteiger partial charge is 0.308 e. The Morgan fingerprint density at radius 1 is 1.29 bits per heavy atom. The summed E-state index contributed by atoms with van der Waals surface area (Å²) in [5.41, 5.74) is -0.730. The fourth-order valence-electron chi connectivity index (χ4n) is 2.39. The molecule has 2 aliphatic rings. The third-order valence-corrected chi connectivity index (χ3v) is 4.09. The van der Waals surface area contributed by atoms with E-state index in [1.54, 1.807) is 0 Å². The first-order chi connectivity index (χ1) is 6.37. The van der Waals surface area contributed by atoms with Crippen LogP contribution >= 0.6 is 0 Å². The van der Waals surface area contributed by atoms with E-state index in [4.69, 9.17) is 4.74 Å². The second-order valence-corrected chi connectivity index (χ2v) is 5.51. The van der Waals surface area contributed by atoms with Gasteiger partial charge in [-0.15, -0.1) is 3.89 Å². The topological polar surface area (TPSA) is 43.4 Å². The second-order valence-electron chi connectivity index (χ2n) is 4.14. The summed E-state index contributed by atoms with van der Waals surface area (Å²) in [4.78, 5) is 0. The normalized spacial score (nSPS) is 35.9. The minimum atomic E-state index is -4.81. The van der Waals surface area contributed by atoms with Crippen LogP contribution in [0, 0.1) is 5.41 Å². The largest absolute Gasteiger partial charge is 0.344 e. The number of alkyl halides is 1. The quantitative estimate of drug-likeness (QED) is 0.671. The van der Waals surface area contributed by atoms with E-state index < -0.39 is 27.2 Å². The zero-order valence-corrected chi connectivity index (χ0v) is 8.45. The van der Waals surface area contributed by atoms with E-state index in [0.29, 0.717) is 19.3 Å². The Labute approximate surface area is 81.6 Å². The molecular formula is C8H12F2O3S.